The summed E-state index contributed by atoms with van der Waals surface area (Å²) in [5.74, 6) is 3.07. The van der Waals surface area contributed by atoms with Gasteiger partial charge in [-0.1, -0.05) is 33.3 Å². The van der Waals surface area contributed by atoms with Gasteiger partial charge in [0.05, 0.1) is 11.8 Å². The van der Waals surface area contributed by atoms with Gasteiger partial charge in [0.15, 0.2) is 0 Å². The smallest absolute Gasteiger partial charge is 0.247 e. The summed E-state index contributed by atoms with van der Waals surface area (Å²) in [5.41, 5.74) is 0.692. The number of fused-ring (bicyclic) bond motifs is 1. The number of imide groups is 1. The predicted molar refractivity (Wildman–Crippen MR) is 116 cm³/mol. The molecule has 3 aliphatic carbocycles. The normalized spacial score (nSPS) is 42.0. The number of nitrogens with zero attached hydrogens (tertiary/aromatic N) is 1. The SMILES string of the molecule is CC1CCC(C2CCC(NC(=O)C3=CCC4C(=O)N(C)C(=O)C4C3)CC2C)C(C)C1. The van der Waals surface area contributed by atoms with Gasteiger partial charge in [0.1, 0.15) is 0 Å². The van der Waals surface area contributed by atoms with Crippen molar-refractivity contribution in [3.05, 3.63) is 11.6 Å². The van der Waals surface area contributed by atoms with Crippen molar-refractivity contribution in [3.8, 4) is 0 Å². The highest BCUT2D eigenvalue weighted by Crippen LogP contribution is 2.45. The molecule has 8 atom stereocenters. The van der Waals surface area contributed by atoms with Crippen LogP contribution in [0.1, 0.15) is 72.1 Å². The number of rotatable bonds is 3. The number of allylic oxidation sites excluding steroid dienone is 1. The van der Waals surface area contributed by atoms with E-state index in [4.69, 9.17) is 0 Å². The van der Waals surface area contributed by atoms with Gasteiger partial charge in [0.25, 0.3) is 0 Å². The number of hydrogen-bond acceptors (Lipinski definition) is 3. The maximum absolute atomic E-state index is 12.9. The molecular formula is C25H38N2O3. The van der Waals surface area contributed by atoms with E-state index in [1.165, 1.54) is 30.6 Å². The van der Waals surface area contributed by atoms with Crippen LogP contribution in [-0.2, 0) is 14.4 Å². The molecular weight excluding hydrogens is 376 g/mol. The standard InChI is InChI=1S/C25H38N2O3/c1-14-5-8-19(15(2)11-14)20-10-7-18(12-16(20)3)26-23(28)17-6-9-21-22(13-17)25(30)27(4)24(21)29/h6,14-16,18-22H,5,7-13H2,1-4H3,(H,26,28). The third kappa shape index (κ3) is 3.97. The Bertz CT molecular complexity index is 745. The lowest BCUT2D eigenvalue weighted by atomic mass is 9.63. The molecule has 4 aliphatic rings. The van der Waals surface area contributed by atoms with E-state index in [2.05, 4.69) is 26.1 Å². The van der Waals surface area contributed by atoms with Gasteiger partial charge in [-0.15, -0.1) is 0 Å². The van der Waals surface area contributed by atoms with Crippen molar-refractivity contribution >= 4 is 17.7 Å². The lowest BCUT2D eigenvalue weighted by Crippen LogP contribution is -2.44. The minimum Gasteiger partial charge on any atom is -0.350 e. The van der Waals surface area contributed by atoms with Crippen LogP contribution in [0.4, 0.5) is 0 Å². The van der Waals surface area contributed by atoms with E-state index >= 15 is 0 Å². The van der Waals surface area contributed by atoms with Crippen molar-refractivity contribution in [3.63, 3.8) is 0 Å². The van der Waals surface area contributed by atoms with Crippen LogP contribution >= 0.6 is 0 Å². The Labute approximate surface area is 181 Å². The molecule has 0 aromatic carbocycles. The number of amides is 3. The van der Waals surface area contributed by atoms with Gasteiger partial charge >= 0.3 is 0 Å². The van der Waals surface area contributed by atoms with Crippen LogP contribution in [0.2, 0.25) is 0 Å². The molecule has 5 heteroatoms. The molecule has 4 rings (SSSR count). The summed E-state index contributed by atoms with van der Waals surface area (Å²) in [6.07, 6.45) is 10.2. The molecule has 5 nitrogen and oxygen atoms in total. The van der Waals surface area contributed by atoms with Crippen LogP contribution in [0.5, 0.6) is 0 Å². The summed E-state index contributed by atoms with van der Waals surface area (Å²) in [7, 11) is 1.55. The average Bonchev–Trinajstić information content (AvgIpc) is 2.92. The Kier molecular flexibility index (Phi) is 6.09. The molecule has 0 radical (unpaired) electrons. The number of hydrogen-bond donors (Lipinski definition) is 1. The zero-order valence-electron chi connectivity index (χ0n) is 19.0. The number of carbonyl (C=O) groups is 3. The highest BCUT2D eigenvalue weighted by molar-refractivity contribution is 6.06. The van der Waals surface area contributed by atoms with Crippen LogP contribution < -0.4 is 5.32 Å². The maximum atomic E-state index is 12.9. The van der Waals surface area contributed by atoms with Crippen LogP contribution in [-0.4, -0.2) is 35.7 Å². The zero-order chi connectivity index (χ0) is 21.6. The number of likely N-dealkylation sites (tertiary alicyclic amines) is 1. The van der Waals surface area contributed by atoms with Crippen molar-refractivity contribution < 1.29 is 14.4 Å². The first-order chi connectivity index (χ1) is 14.3. The third-order valence-electron chi connectivity index (χ3n) is 8.75. The fraction of sp³-hybridized carbons (Fsp3) is 0.800. The minimum absolute atomic E-state index is 0.0289. The first-order valence-corrected chi connectivity index (χ1v) is 12.1. The van der Waals surface area contributed by atoms with E-state index in [1.54, 1.807) is 7.05 Å². The predicted octanol–water partition coefficient (Wildman–Crippen LogP) is 3.93. The summed E-state index contributed by atoms with van der Waals surface area (Å²) in [6, 6.07) is 0.226. The van der Waals surface area contributed by atoms with Gasteiger partial charge in [0, 0.05) is 18.7 Å². The second kappa shape index (κ2) is 8.47. The molecule has 1 saturated heterocycles. The van der Waals surface area contributed by atoms with E-state index in [0.29, 0.717) is 24.3 Å². The molecule has 1 N–H and O–H groups in total. The lowest BCUT2D eigenvalue weighted by molar-refractivity contribution is -0.138. The molecule has 2 saturated carbocycles. The monoisotopic (exact) mass is 414 g/mol. The summed E-state index contributed by atoms with van der Waals surface area (Å²) >= 11 is 0. The molecule has 8 unspecified atom stereocenters. The highest BCUT2D eigenvalue weighted by Gasteiger charge is 2.47. The summed E-state index contributed by atoms with van der Waals surface area (Å²) < 4.78 is 0. The van der Waals surface area contributed by atoms with Gasteiger partial charge in [-0.05, 0) is 74.5 Å². The Morgan fingerprint density at radius 2 is 1.57 bits per heavy atom. The van der Waals surface area contributed by atoms with Gasteiger partial charge in [-0.3, -0.25) is 19.3 Å². The second-order valence-electron chi connectivity index (χ2n) is 10.8. The van der Waals surface area contributed by atoms with E-state index < -0.39 is 0 Å². The first kappa shape index (κ1) is 21.6. The van der Waals surface area contributed by atoms with Gasteiger partial charge in [-0.2, -0.15) is 0 Å². The van der Waals surface area contributed by atoms with Gasteiger partial charge in [-0.25, -0.2) is 0 Å². The van der Waals surface area contributed by atoms with Crippen molar-refractivity contribution in [2.24, 2.45) is 41.4 Å². The fourth-order valence-corrected chi connectivity index (χ4v) is 7.01. The van der Waals surface area contributed by atoms with Crippen molar-refractivity contribution in [1.82, 2.24) is 10.2 Å². The zero-order valence-corrected chi connectivity index (χ0v) is 19.0. The van der Waals surface area contributed by atoms with Gasteiger partial charge < -0.3 is 5.32 Å². The number of nitrogens with one attached hydrogen (secondary N) is 1. The lowest BCUT2D eigenvalue weighted by Gasteiger charge is -2.44. The second-order valence-corrected chi connectivity index (χ2v) is 10.8. The minimum atomic E-state index is -0.349. The molecule has 0 aromatic rings. The third-order valence-corrected chi connectivity index (χ3v) is 8.75. The van der Waals surface area contributed by atoms with E-state index in [0.717, 1.165) is 36.5 Å². The Hall–Kier alpha value is -1.65. The summed E-state index contributed by atoms with van der Waals surface area (Å²) in [4.78, 5) is 38.6. The van der Waals surface area contributed by atoms with Crippen LogP contribution in [0.25, 0.3) is 0 Å². The van der Waals surface area contributed by atoms with E-state index in [1.807, 2.05) is 6.08 Å². The average molecular weight is 415 g/mol. The molecule has 0 spiro atoms. The first-order valence-electron chi connectivity index (χ1n) is 12.1. The summed E-state index contributed by atoms with van der Waals surface area (Å²) in [5, 5.41) is 3.26. The molecule has 1 aliphatic heterocycles. The summed E-state index contributed by atoms with van der Waals surface area (Å²) in [6.45, 7) is 7.20. The van der Waals surface area contributed by atoms with Crippen molar-refractivity contribution in [1.29, 1.82) is 0 Å². The molecule has 3 amide bonds. The van der Waals surface area contributed by atoms with Crippen molar-refractivity contribution in [2.75, 3.05) is 7.05 Å². The van der Waals surface area contributed by atoms with Gasteiger partial charge in [0.2, 0.25) is 17.7 Å². The van der Waals surface area contributed by atoms with E-state index in [-0.39, 0.29) is 35.6 Å². The molecule has 166 valence electrons. The number of carbonyl (C=O) groups excluding carboxylic acids is 3. The highest BCUT2D eigenvalue weighted by atomic mass is 16.2. The maximum Gasteiger partial charge on any atom is 0.247 e. The van der Waals surface area contributed by atoms with Crippen LogP contribution in [0.3, 0.4) is 0 Å². The molecule has 30 heavy (non-hydrogen) atoms. The van der Waals surface area contributed by atoms with Crippen LogP contribution in [0.15, 0.2) is 11.6 Å². The van der Waals surface area contributed by atoms with Crippen LogP contribution in [0, 0.1) is 41.4 Å². The Morgan fingerprint density at radius 3 is 2.23 bits per heavy atom. The molecule has 1 heterocycles. The largest absolute Gasteiger partial charge is 0.350 e. The Balaban J connectivity index is 1.32. The fourth-order valence-electron chi connectivity index (χ4n) is 7.01. The molecule has 0 aromatic heterocycles. The van der Waals surface area contributed by atoms with E-state index in [9.17, 15) is 14.4 Å². The quantitative estimate of drug-likeness (QED) is 0.712. The van der Waals surface area contributed by atoms with Crippen molar-refractivity contribution in [2.45, 2.75) is 78.2 Å². The molecule has 0 bridgehead atoms. The molecule has 3 fully saturated rings. The Morgan fingerprint density at radius 1 is 0.933 bits per heavy atom. The topological polar surface area (TPSA) is 66.5 Å².